The fourth-order valence-corrected chi connectivity index (χ4v) is 3.86. The molecule has 1 N–H and O–H groups in total. The third-order valence-electron chi connectivity index (χ3n) is 5.51. The Labute approximate surface area is 180 Å². The van der Waals surface area contributed by atoms with Gasteiger partial charge < -0.3 is 19.5 Å². The maximum absolute atomic E-state index is 12.9. The van der Waals surface area contributed by atoms with Crippen molar-refractivity contribution in [2.45, 2.75) is 0 Å². The number of amides is 1. The number of carbonyl (C=O) groups is 1. The monoisotopic (exact) mass is 413 g/mol. The van der Waals surface area contributed by atoms with Crippen LogP contribution >= 0.6 is 0 Å². The Hall–Kier alpha value is -3.71. The lowest BCUT2D eigenvalue weighted by atomic mass is 10.1. The van der Waals surface area contributed by atoms with Crippen molar-refractivity contribution in [1.29, 1.82) is 0 Å². The van der Waals surface area contributed by atoms with Gasteiger partial charge in [-0.25, -0.2) is 9.97 Å². The highest BCUT2D eigenvalue weighted by Gasteiger charge is 2.14. The molecule has 0 unspecified atom stereocenters. The zero-order chi connectivity index (χ0) is 21.2. The molecule has 1 aliphatic rings. The first-order valence-electron chi connectivity index (χ1n) is 10.3. The lowest BCUT2D eigenvalue weighted by Crippen LogP contribution is -2.36. The fourth-order valence-electron chi connectivity index (χ4n) is 3.86. The number of imidazole rings is 1. The molecule has 0 saturated carbocycles. The van der Waals surface area contributed by atoms with Gasteiger partial charge in [-0.3, -0.25) is 4.79 Å². The van der Waals surface area contributed by atoms with Crippen molar-refractivity contribution in [3.05, 3.63) is 72.4 Å². The summed E-state index contributed by atoms with van der Waals surface area (Å²) in [6.45, 7) is 3.26. The average Bonchev–Trinajstić information content (AvgIpc) is 3.17. The number of pyridine rings is 1. The maximum atomic E-state index is 12.9. The van der Waals surface area contributed by atoms with Gasteiger partial charge in [0.25, 0.3) is 5.91 Å². The Kier molecular flexibility index (Phi) is 5.09. The van der Waals surface area contributed by atoms with Gasteiger partial charge in [-0.1, -0.05) is 12.1 Å². The van der Waals surface area contributed by atoms with Crippen molar-refractivity contribution in [3.8, 4) is 11.4 Å². The number of hydrogen-bond donors (Lipinski definition) is 1. The predicted octanol–water partition coefficient (Wildman–Crippen LogP) is 3.72. The van der Waals surface area contributed by atoms with Crippen molar-refractivity contribution >= 4 is 28.4 Å². The Morgan fingerprint density at radius 2 is 1.84 bits per heavy atom. The third-order valence-corrected chi connectivity index (χ3v) is 5.51. The maximum Gasteiger partial charge on any atom is 0.255 e. The summed E-state index contributed by atoms with van der Waals surface area (Å²) in [6, 6.07) is 19.2. The van der Waals surface area contributed by atoms with E-state index in [-0.39, 0.29) is 5.91 Å². The van der Waals surface area contributed by atoms with E-state index >= 15 is 0 Å². The Balaban J connectivity index is 1.34. The van der Waals surface area contributed by atoms with E-state index in [2.05, 4.69) is 20.2 Å². The smallest absolute Gasteiger partial charge is 0.255 e. The number of ether oxygens (including phenoxy) is 1. The van der Waals surface area contributed by atoms with E-state index in [9.17, 15) is 4.79 Å². The van der Waals surface area contributed by atoms with Gasteiger partial charge in [-0.05, 0) is 48.5 Å². The van der Waals surface area contributed by atoms with Crippen molar-refractivity contribution in [2.75, 3.05) is 36.5 Å². The van der Waals surface area contributed by atoms with E-state index < -0.39 is 0 Å². The molecule has 1 aliphatic heterocycles. The first kappa shape index (κ1) is 19.3. The number of aryl methyl sites for hydroxylation is 1. The Bertz CT molecular complexity index is 1230. The number of aromatic nitrogens is 3. The number of nitrogens with one attached hydrogen (secondary N) is 1. The molecule has 1 amide bonds. The number of carbonyl (C=O) groups excluding carboxylic acids is 1. The molecule has 1 saturated heterocycles. The van der Waals surface area contributed by atoms with Gasteiger partial charge in [0.15, 0.2) is 5.65 Å². The quantitative estimate of drug-likeness (QED) is 0.552. The van der Waals surface area contributed by atoms with E-state index in [0.717, 1.165) is 60.2 Å². The van der Waals surface area contributed by atoms with Gasteiger partial charge in [0, 0.05) is 48.8 Å². The Morgan fingerprint density at radius 3 is 2.61 bits per heavy atom. The second kappa shape index (κ2) is 8.20. The van der Waals surface area contributed by atoms with Gasteiger partial charge in [-0.15, -0.1) is 0 Å². The topological polar surface area (TPSA) is 72.3 Å². The number of nitrogens with zero attached hydrogens (tertiary/aromatic N) is 4. The van der Waals surface area contributed by atoms with E-state index in [1.54, 1.807) is 6.20 Å². The van der Waals surface area contributed by atoms with Gasteiger partial charge in [0.05, 0.1) is 13.2 Å². The molecule has 7 heteroatoms. The molecule has 0 bridgehead atoms. The Morgan fingerprint density at radius 1 is 1.03 bits per heavy atom. The zero-order valence-electron chi connectivity index (χ0n) is 17.3. The van der Waals surface area contributed by atoms with Crippen molar-refractivity contribution in [2.24, 2.45) is 7.05 Å². The standard InChI is InChI=1S/C24H23N5O2/c1-28-22(27-21-6-3-11-25-23(21)28)17-4-2-5-18(16-17)24(30)26-19-7-9-20(10-8-19)29-12-14-31-15-13-29/h2-11,16H,12-15H2,1H3,(H,26,30). The molecule has 3 heterocycles. The highest BCUT2D eigenvalue weighted by molar-refractivity contribution is 6.05. The molecular formula is C24H23N5O2. The number of morpholine rings is 1. The SMILES string of the molecule is Cn1c(-c2cccc(C(=O)Nc3ccc(N4CCOCC4)cc3)c2)nc2cccnc21. The molecule has 5 rings (SSSR count). The van der Waals surface area contributed by atoms with E-state index in [0.29, 0.717) is 5.56 Å². The number of hydrogen-bond acceptors (Lipinski definition) is 5. The lowest BCUT2D eigenvalue weighted by molar-refractivity contribution is 0.102. The molecule has 0 aliphatic carbocycles. The molecule has 156 valence electrons. The van der Waals surface area contributed by atoms with E-state index in [1.165, 1.54) is 0 Å². The summed E-state index contributed by atoms with van der Waals surface area (Å²) >= 11 is 0. The van der Waals surface area contributed by atoms with Crippen molar-refractivity contribution < 1.29 is 9.53 Å². The molecular weight excluding hydrogens is 390 g/mol. The van der Waals surface area contributed by atoms with Crippen LogP contribution in [-0.2, 0) is 11.8 Å². The molecule has 31 heavy (non-hydrogen) atoms. The van der Waals surface area contributed by atoms with Gasteiger partial charge in [-0.2, -0.15) is 0 Å². The predicted molar refractivity (Wildman–Crippen MR) is 121 cm³/mol. The second-order valence-corrected chi connectivity index (χ2v) is 7.52. The van der Waals surface area contributed by atoms with Crippen LogP contribution in [0.4, 0.5) is 11.4 Å². The second-order valence-electron chi connectivity index (χ2n) is 7.52. The minimum atomic E-state index is -0.155. The average molecular weight is 413 g/mol. The normalized spacial score (nSPS) is 14.0. The van der Waals surface area contributed by atoms with Crippen molar-refractivity contribution in [1.82, 2.24) is 14.5 Å². The first-order valence-corrected chi connectivity index (χ1v) is 10.3. The van der Waals surface area contributed by atoms with E-state index in [4.69, 9.17) is 4.74 Å². The van der Waals surface area contributed by atoms with Crippen LogP contribution in [0.5, 0.6) is 0 Å². The molecule has 0 spiro atoms. The molecule has 0 atom stereocenters. The van der Waals surface area contributed by atoms with Crippen LogP contribution in [0.25, 0.3) is 22.6 Å². The molecule has 0 radical (unpaired) electrons. The van der Waals surface area contributed by atoms with Crippen LogP contribution in [-0.4, -0.2) is 46.7 Å². The first-order chi connectivity index (χ1) is 15.2. The summed E-state index contributed by atoms with van der Waals surface area (Å²) in [7, 11) is 1.93. The highest BCUT2D eigenvalue weighted by Crippen LogP contribution is 2.24. The molecule has 4 aromatic rings. The number of anilines is 2. The van der Waals surface area contributed by atoms with Gasteiger partial charge in [0.1, 0.15) is 11.3 Å². The summed E-state index contributed by atoms with van der Waals surface area (Å²) in [5, 5.41) is 2.99. The van der Waals surface area contributed by atoms with Crippen LogP contribution in [0.3, 0.4) is 0 Å². The van der Waals surface area contributed by atoms with Crippen LogP contribution < -0.4 is 10.2 Å². The summed E-state index contributed by atoms with van der Waals surface area (Å²) < 4.78 is 7.35. The van der Waals surface area contributed by atoms with E-state index in [1.807, 2.05) is 72.3 Å². The third kappa shape index (κ3) is 3.87. The summed E-state index contributed by atoms with van der Waals surface area (Å²) in [5.74, 6) is 0.621. The summed E-state index contributed by atoms with van der Waals surface area (Å²) in [5.41, 5.74) is 4.99. The molecule has 2 aromatic carbocycles. The van der Waals surface area contributed by atoms with Gasteiger partial charge in [0.2, 0.25) is 0 Å². The van der Waals surface area contributed by atoms with Crippen LogP contribution in [0.2, 0.25) is 0 Å². The number of rotatable bonds is 4. The minimum Gasteiger partial charge on any atom is -0.378 e. The molecule has 2 aromatic heterocycles. The largest absolute Gasteiger partial charge is 0.378 e. The van der Waals surface area contributed by atoms with Gasteiger partial charge >= 0.3 is 0 Å². The van der Waals surface area contributed by atoms with Crippen molar-refractivity contribution in [3.63, 3.8) is 0 Å². The molecule has 1 fully saturated rings. The lowest BCUT2D eigenvalue weighted by Gasteiger charge is -2.28. The minimum absolute atomic E-state index is 0.155. The summed E-state index contributed by atoms with van der Waals surface area (Å²) in [6.07, 6.45) is 1.75. The number of fused-ring (bicyclic) bond motifs is 1. The van der Waals surface area contributed by atoms with Crippen LogP contribution in [0.15, 0.2) is 66.9 Å². The fraction of sp³-hybridized carbons (Fsp3) is 0.208. The van der Waals surface area contributed by atoms with Crippen LogP contribution in [0.1, 0.15) is 10.4 Å². The highest BCUT2D eigenvalue weighted by atomic mass is 16.5. The summed E-state index contributed by atoms with van der Waals surface area (Å²) in [4.78, 5) is 24.2. The molecule has 7 nitrogen and oxygen atoms in total. The van der Waals surface area contributed by atoms with Crippen LogP contribution in [0, 0.1) is 0 Å². The zero-order valence-corrected chi connectivity index (χ0v) is 17.3. The number of benzene rings is 2.